The highest BCUT2D eigenvalue weighted by Gasteiger charge is 2.22. The highest BCUT2D eigenvalue weighted by molar-refractivity contribution is 7.89. The van der Waals surface area contributed by atoms with Crippen molar-refractivity contribution in [2.75, 3.05) is 12.4 Å². The van der Waals surface area contributed by atoms with E-state index in [1.807, 2.05) is 6.92 Å². The Morgan fingerprint density at radius 3 is 2.47 bits per heavy atom. The Hall–Kier alpha value is -1.14. The number of hydrogen-bond acceptors (Lipinski definition) is 4. The molecule has 0 aliphatic rings. The maximum Gasteiger partial charge on any atom is 0.241 e. The number of nitrogens with one attached hydrogen (secondary N) is 2. The summed E-state index contributed by atoms with van der Waals surface area (Å²) >= 11 is 0. The van der Waals surface area contributed by atoms with E-state index in [2.05, 4.69) is 28.9 Å². The van der Waals surface area contributed by atoms with Crippen molar-refractivity contribution >= 4 is 15.8 Å². The number of nitrogens with zero attached hydrogens (tertiary/aromatic N) is 1. The van der Waals surface area contributed by atoms with Gasteiger partial charge in [-0.05, 0) is 18.9 Å². The van der Waals surface area contributed by atoms with Crippen molar-refractivity contribution in [2.45, 2.75) is 44.6 Å². The van der Waals surface area contributed by atoms with Crippen LogP contribution < -0.4 is 10.0 Å². The van der Waals surface area contributed by atoms with Crippen LogP contribution in [0.1, 0.15) is 33.6 Å². The van der Waals surface area contributed by atoms with Crippen LogP contribution in [0.4, 0.5) is 5.82 Å². The zero-order chi connectivity index (χ0) is 14.5. The summed E-state index contributed by atoms with van der Waals surface area (Å²) in [6.45, 7) is 6.06. The third-order valence-electron chi connectivity index (χ3n) is 3.39. The van der Waals surface area contributed by atoms with Crippen molar-refractivity contribution < 1.29 is 8.42 Å². The summed E-state index contributed by atoms with van der Waals surface area (Å²) in [7, 11) is -1.78. The van der Waals surface area contributed by atoms with E-state index in [0.29, 0.717) is 11.7 Å². The van der Waals surface area contributed by atoms with Crippen molar-refractivity contribution in [3.8, 4) is 0 Å². The number of rotatable bonds is 7. The Kier molecular flexibility index (Phi) is 5.75. The van der Waals surface area contributed by atoms with Gasteiger partial charge in [-0.15, -0.1) is 0 Å². The van der Waals surface area contributed by atoms with E-state index in [-0.39, 0.29) is 10.9 Å². The summed E-state index contributed by atoms with van der Waals surface area (Å²) in [6.07, 6.45) is 3.40. The molecule has 0 aliphatic heterocycles. The molecule has 6 heteroatoms. The van der Waals surface area contributed by atoms with E-state index in [4.69, 9.17) is 0 Å². The van der Waals surface area contributed by atoms with Gasteiger partial charge in [0.05, 0.1) is 4.90 Å². The van der Waals surface area contributed by atoms with Gasteiger partial charge in [0.2, 0.25) is 10.0 Å². The fraction of sp³-hybridized carbons (Fsp3) is 0.615. The molecular weight excluding hydrogens is 262 g/mol. The molecule has 1 atom stereocenters. The molecule has 0 saturated carbocycles. The molecular formula is C13H23N3O2S. The summed E-state index contributed by atoms with van der Waals surface area (Å²) in [4.78, 5) is 4.26. The molecule has 0 bridgehead atoms. The van der Waals surface area contributed by atoms with Crippen LogP contribution in [-0.2, 0) is 10.0 Å². The first-order chi connectivity index (χ1) is 8.94. The zero-order valence-electron chi connectivity index (χ0n) is 12.0. The number of aromatic nitrogens is 1. The van der Waals surface area contributed by atoms with Gasteiger partial charge in [-0.1, -0.05) is 26.7 Å². The molecule has 0 spiro atoms. The van der Waals surface area contributed by atoms with E-state index in [0.717, 1.165) is 12.8 Å². The van der Waals surface area contributed by atoms with Crippen LogP contribution in [0, 0.1) is 5.92 Å². The lowest BCUT2D eigenvalue weighted by Crippen LogP contribution is -2.37. The highest BCUT2D eigenvalue weighted by Crippen LogP contribution is 2.17. The average Bonchev–Trinajstić information content (AvgIpc) is 2.39. The Morgan fingerprint density at radius 2 is 1.95 bits per heavy atom. The second-order valence-corrected chi connectivity index (χ2v) is 6.33. The van der Waals surface area contributed by atoms with Crippen molar-refractivity contribution in [3.05, 3.63) is 18.3 Å². The fourth-order valence-corrected chi connectivity index (χ4v) is 3.44. The first-order valence-corrected chi connectivity index (χ1v) is 8.09. The molecule has 0 amide bonds. The normalized spacial score (nSPS) is 13.5. The van der Waals surface area contributed by atoms with Crippen LogP contribution in [-0.4, -0.2) is 26.5 Å². The molecule has 0 saturated heterocycles. The largest absolute Gasteiger partial charge is 0.373 e. The predicted octanol–water partition coefficient (Wildman–Crippen LogP) is 2.23. The van der Waals surface area contributed by atoms with Crippen LogP contribution in [0.2, 0.25) is 0 Å². The minimum absolute atomic E-state index is 0.0776. The van der Waals surface area contributed by atoms with Crippen molar-refractivity contribution in [2.24, 2.45) is 5.92 Å². The monoisotopic (exact) mass is 285 g/mol. The number of pyridine rings is 1. The van der Waals surface area contributed by atoms with Crippen LogP contribution in [0.15, 0.2) is 23.2 Å². The Balaban J connectivity index is 2.91. The minimum Gasteiger partial charge on any atom is -0.373 e. The molecule has 0 aromatic carbocycles. The first-order valence-electron chi connectivity index (χ1n) is 6.60. The van der Waals surface area contributed by atoms with Gasteiger partial charge in [0.1, 0.15) is 5.82 Å². The number of hydrogen-bond donors (Lipinski definition) is 2. The molecule has 1 unspecified atom stereocenters. The second kappa shape index (κ2) is 6.86. The Bertz CT molecular complexity index is 498. The van der Waals surface area contributed by atoms with Crippen LogP contribution in [0.5, 0.6) is 0 Å². The summed E-state index contributed by atoms with van der Waals surface area (Å²) in [6, 6.07) is 2.95. The molecule has 0 radical (unpaired) electrons. The summed E-state index contributed by atoms with van der Waals surface area (Å²) in [5.41, 5.74) is 0. The molecule has 1 aromatic heterocycles. The molecule has 1 rings (SSSR count). The quantitative estimate of drug-likeness (QED) is 0.806. The van der Waals surface area contributed by atoms with Crippen molar-refractivity contribution in [1.29, 1.82) is 0 Å². The van der Waals surface area contributed by atoms with Crippen molar-refractivity contribution in [3.63, 3.8) is 0 Å². The maximum absolute atomic E-state index is 12.3. The Morgan fingerprint density at radius 1 is 1.32 bits per heavy atom. The van der Waals surface area contributed by atoms with E-state index in [9.17, 15) is 8.42 Å². The number of anilines is 1. The van der Waals surface area contributed by atoms with Gasteiger partial charge < -0.3 is 5.32 Å². The fourth-order valence-electron chi connectivity index (χ4n) is 2.12. The smallest absolute Gasteiger partial charge is 0.241 e. The van der Waals surface area contributed by atoms with E-state index >= 15 is 0 Å². The van der Waals surface area contributed by atoms with Gasteiger partial charge in [-0.3, -0.25) is 0 Å². The number of sulfonamides is 1. The lowest BCUT2D eigenvalue weighted by Gasteiger charge is -2.22. The van der Waals surface area contributed by atoms with Crippen LogP contribution >= 0.6 is 0 Å². The third-order valence-corrected chi connectivity index (χ3v) is 4.95. The zero-order valence-corrected chi connectivity index (χ0v) is 12.8. The van der Waals surface area contributed by atoms with E-state index in [1.54, 1.807) is 7.05 Å². The third kappa shape index (κ3) is 4.18. The standard InChI is InChI=1S/C13H23N3O2S/c1-5-11(6-2)10(3)16-19(17,18)12-7-8-15-13(9-12)14-4/h7-11,16H,5-6H2,1-4H3,(H,14,15). The Labute approximate surface area is 115 Å². The molecule has 1 aromatic rings. The second-order valence-electron chi connectivity index (χ2n) is 4.61. The minimum atomic E-state index is -3.49. The van der Waals surface area contributed by atoms with Crippen LogP contribution in [0.3, 0.4) is 0 Å². The maximum atomic E-state index is 12.3. The van der Waals surface area contributed by atoms with Gasteiger partial charge in [0.15, 0.2) is 0 Å². The lowest BCUT2D eigenvalue weighted by molar-refractivity contribution is 0.390. The molecule has 2 N–H and O–H groups in total. The molecule has 0 fully saturated rings. The van der Waals surface area contributed by atoms with Gasteiger partial charge >= 0.3 is 0 Å². The first kappa shape index (κ1) is 15.9. The highest BCUT2D eigenvalue weighted by atomic mass is 32.2. The molecule has 108 valence electrons. The molecule has 1 heterocycles. The predicted molar refractivity (Wildman–Crippen MR) is 77.6 cm³/mol. The SMILES string of the molecule is CCC(CC)C(C)NS(=O)(=O)c1ccnc(NC)c1. The summed E-state index contributed by atoms with van der Waals surface area (Å²) in [5, 5.41) is 2.83. The summed E-state index contributed by atoms with van der Waals surface area (Å²) < 4.78 is 27.3. The summed E-state index contributed by atoms with van der Waals surface area (Å²) in [5.74, 6) is 0.887. The van der Waals surface area contributed by atoms with Gasteiger partial charge in [-0.2, -0.15) is 0 Å². The van der Waals surface area contributed by atoms with Gasteiger partial charge in [0, 0.05) is 25.4 Å². The van der Waals surface area contributed by atoms with E-state index in [1.165, 1.54) is 18.3 Å². The van der Waals surface area contributed by atoms with Gasteiger partial charge in [0.25, 0.3) is 0 Å². The van der Waals surface area contributed by atoms with Crippen molar-refractivity contribution in [1.82, 2.24) is 9.71 Å². The topological polar surface area (TPSA) is 71.1 Å². The molecule has 19 heavy (non-hydrogen) atoms. The molecule has 0 aliphatic carbocycles. The van der Waals surface area contributed by atoms with Gasteiger partial charge in [-0.25, -0.2) is 18.1 Å². The lowest BCUT2D eigenvalue weighted by atomic mass is 9.96. The molecule has 5 nitrogen and oxygen atoms in total. The van der Waals surface area contributed by atoms with E-state index < -0.39 is 10.0 Å². The van der Waals surface area contributed by atoms with Crippen LogP contribution in [0.25, 0.3) is 0 Å². The average molecular weight is 285 g/mol.